The number of aromatic amines is 2. The molecule has 0 spiro atoms. The monoisotopic (exact) mass is 736 g/mol. The Hall–Kier alpha value is -5.72. The van der Waals surface area contributed by atoms with Gasteiger partial charge in [0.1, 0.15) is 40.2 Å². The number of hydrogen-bond acceptors (Lipinski definition) is 8. The van der Waals surface area contributed by atoms with Crippen molar-refractivity contribution in [2.75, 3.05) is 13.1 Å². The van der Waals surface area contributed by atoms with E-state index < -0.39 is 23.5 Å². The predicted molar refractivity (Wildman–Crippen MR) is 205 cm³/mol. The van der Waals surface area contributed by atoms with E-state index >= 15 is 0 Å². The SMILES string of the molecule is C[C@@H](F)CN(Cc1ncc(-c2ccc3c(ccc4oc5cc(-c6cnc([C@@H]7CCCN7C(=O)OC(C)(C)C)[nH]6)ccc5c(=O)c43)c2)[nH]1)C(=O)OC(C)(C)C. The quantitative estimate of drug-likeness (QED) is 0.122. The molecule has 2 amide bonds. The lowest BCUT2D eigenvalue weighted by atomic mass is 10.0. The Bertz CT molecular complexity index is 2430. The van der Waals surface area contributed by atoms with Gasteiger partial charge >= 0.3 is 12.2 Å². The fraction of sp³-hybridized carbons (Fsp3) is 0.390. The summed E-state index contributed by atoms with van der Waals surface area (Å²) in [5, 5.41) is 2.50. The molecule has 54 heavy (non-hydrogen) atoms. The second-order valence-corrected chi connectivity index (χ2v) is 15.9. The molecule has 1 aliphatic rings. The van der Waals surface area contributed by atoms with Gasteiger partial charge in [0, 0.05) is 17.7 Å². The molecule has 1 aliphatic heterocycles. The van der Waals surface area contributed by atoms with Gasteiger partial charge in [-0.25, -0.2) is 23.9 Å². The largest absolute Gasteiger partial charge is 0.456 e. The maximum atomic E-state index is 14.0. The number of halogens is 1. The van der Waals surface area contributed by atoms with Crippen LogP contribution in [-0.4, -0.2) is 72.4 Å². The molecule has 0 radical (unpaired) electrons. The Balaban J connectivity index is 1.14. The fourth-order valence-corrected chi connectivity index (χ4v) is 6.86. The van der Waals surface area contributed by atoms with Gasteiger partial charge in [-0.2, -0.15) is 0 Å². The molecule has 12 nitrogen and oxygen atoms in total. The smallest absolute Gasteiger partial charge is 0.410 e. The lowest BCUT2D eigenvalue weighted by Crippen LogP contribution is -2.39. The summed E-state index contributed by atoms with van der Waals surface area (Å²) in [5.41, 5.74) is 2.51. The number of amides is 2. The predicted octanol–water partition coefficient (Wildman–Crippen LogP) is 9.05. The van der Waals surface area contributed by atoms with Crippen LogP contribution in [0.2, 0.25) is 0 Å². The van der Waals surface area contributed by atoms with Gasteiger partial charge in [0.2, 0.25) is 5.43 Å². The van der Waals surface area contributed by atoms with Crippen LogP contribution in [0.4, 0.5) is 14.0 Å². The summed E-state index contributed by atoms with van der Waals surface area (Å²) in [7, 11) is 0. The number of carbonyl (C=O) groups is 2. The summed E-state index contributed by atoms with van der Waals surface area (Å²) in [6.07, 6.45) is 2.81. The molecule has 3 aromatic carbocycles. The van der Waals surface area contributed by atoms with E-state index in [0.29, 0.717) is 45.8 Å². The Kier molecular flexibility index (Phi) is 9.45. The number of hydrogen-bond donors (Lipinski definition) is 2. The Labute approximate surface area is 311 Å². The molecule has 2 atom stereocenters. The van der Waals surface area contributed by atoms with E-state index in [0.717, 1.165) is 40.4 Å². The number of nitrogens with zero attached hydrogens (tertiary/aromatic N) is 4. The number of aromatic nitrogens is 4. The topological polar surface area (TPSA) is 147 Å². The van der Waals surface area contributed by atoms with Crippen molar-refractivity contribution in [1.29, 1.82) is 0 Å². The summed E-state index contributed by atoms with van der Waals surface area (Å²) < 4.78 is 31.4. The second kappa shape index (κ2) is 13.9. The average molecular weight is 737 g/mol. The number of benzene rings is 3. The van der Waals surface area contributed by atoms with E-state index in [2.05, 4.69) is 19.9 Å². The number of rotatable bonds is 7. The number of carbonyl (C=O) groups excluding carboxylic acids is 2. The van der Waals surface area contributed by atoms with E-state index in [4.69, 9.17) is 13.9 Å². The van der Waals surface area contributed by atoms with Gasteiger partial charge in [-0.15, -0.1) is 0 Å². The van der Waals surface area contributed by atoms with Gasteiger partial charge in [0.15, 0.2) is 0 Å². The highest BCUT2D eigenvalue weighted by atomic mass is 19.1. The zero-order chi connectivity index (χ0) is 38.5. The Morgan fingerprint density at radius 3 is 2.33 bits per heavy atom. The van der Waals surface area contributed by atoms with Crippen LogP contribution in [0, 0.1) is 0 Å². The molecule has 6 aromatic rings. The molecule has 0 saturated carbocycles. The van der Waals surface area contributed by atoms with Crippen LogP contribution in [0.5, 0.6) is 0 Å². The molecule has 4 heterocycles. The third kappa shape index (κ3) is 7.66. The van der Waals surface area contributed by atoms with Crippen molar-refractivity contribution in [2.24, 2.45) is 0 Å². The standard InChI is InChI=1S/C41H45FN6O6/c1-23(42)21-47(38(50)53-40(2,3)4)22-34-43-19-29(45-34)25-10-13-27-24(17-25)12-15-32-35(27)36(49)28-14-11-26(18-33(28)52-32)30-20-44-37(46-30)31-9-8-16-48(31)39(51)54-41(5,6)7/h10-15,17-20,23,31H,8-9,16,21-22H2,1-7H3,(H,43,45)(H,44,46)/t23-,31+/m1/s1. The zero-order valence-electron chi connectivity index (χ0n) is 31.6. The van der Waals surface area contributed by atoms with Crippen molar-refractivity contribution in [3.63, 3.8) is 0 Å². The lowest BCUT2D eigenvalue weighted by molar-refractivity contribution is 0.0185. The van der Waals surface area contributed by atoms with E-state index in [-0.39, 0.29) is 30.7 Å². The third-order valence-electron chi connectivity index (χ3n) is 9.16. The molecule has 0 unspecified atom stereocenters. The fourth-order valence-electron chi connectivity index (χ4n) is 6.86. The number of ether oxygens (including phenoxy) is 2. The minimum Gasteiger partial charge on any atom is -0.456 e. The first-order valence-corrected chi connectivity index (χ1v) is 18.2. The van der Waals surface area contributed by atoms with Crippen LogP contribution in [0.3, 0.4) is 0 Å². The van der Waals surface area contributed by atoms with Crippen LogP contribution in [0.25, 0.3) is 55.2 Å². The number of nitrogens with one attached hydrogen (secondary N) is 2. The molecule has 0 bridgehead atoms. The molecule has 2 N–H and O–H groups in total. The van der Waals surface area contributed by atoms with Crippen LogP contribution < -0.4 is 5.43 Å². The summed E-state index contributed by atoms with van der Waals surface area (Å²) >= 11 is 0. The highest BCUT2D eigenvalue weighted by molar-refractivity contribution is 6.09. The van der Waals surface area contributed by atoms with Gasteiger partial charge in [0.25, 0.3) is 0 Å². The summed E-state index contributed by atoms with van der Waals surface area (Å²) in [6, 6.07) is 14.7. The summed E-state index contributed by atoms with van der Waals surface area (Å²) in [4.78, 5) is 58.3. The summed E-state index contributed by atoms with van der Waals surface area (Å²) in [5.74, 6) is 1.16. The van der Waals surface area contributed by atoms with Crippen LogP contribution in [-0.2, 0) is 16.0 Å². The first kappa shape index (κ1) is 36.6. The van der Waals surface area contributed by atoms with Gasteiger partial charge in [0.05, 0.1) is 53.7 Å². The van der Waals surface area contributed by atoms with Gasteiger partial charge in [-0.3, -0.25) is 14.6 Å². The van der Waals surface area contributed by atoms with Crippen molar-refractivity contribution in [3.8, 4) is 22.5 Å². The normalized spacial score (nSPS) is 15.6. The molecule has 13 heteroatoms. The highest BCUT2D eigenvalue weighted by Crippen LogP contribution is 2.34. The second-order valence-electron chi connectivity index (χ2n) is 15.9. The molecular weight excluding hydrogens is 691 g/mol. The third-order valence-corrected chi connectivity index (χ3v) is 9.16. The first-order valence-electron chi connectivity index (χ1n) is 18.2. The van der Waals surface area contributed by atoms with Crippen molar-refractivity contribution in [1.82, 2.24) is 29.7 Å². The van der Waals surface area contributed by atoms with Crippen LogP contribution in [0.15, 0.2) is 70.1 Å². The zero-order valence-corrected chi connectivity index (χ0v) is 31.6. The average Bonchev–Trinajstić information content (AvgIpc) is 3.87. The molecular formula is C41H45FN6O6. The van der Waals surface area contributed by atoms with Gasteiger partial charge < -0.3 is 23.9 Å². The lowest BCUT2D eigenvalue weighted by Gasteiger charge is -2.27. The minimum atomic E-state index is -1.25. The molecule has 3 aromatic heterocycles. The van der Waals surface area contributed by atoms with Crippen LogP contribution in [0.1, 0.15) is 79.0 Å². The molecule has 282 valence electrons. The molecule has 7 rings (SSSR count). The summed E-state index contributed by atoms with van der Waals surface area (Å²) in [6.45, 7) is 12.7. The van der Waals surface area contributed by atoms with Crippen molar-refractivity contribution < 1.29 is 27.9 Å². The molecule has 1 saturated heterocycles. The molecule has 0 aliphatic carbocycles. The van der Waals surface area contributed by atoms with Crippen molar-refractivity contribution in [2.45, 2.75) is 91.3 Å². The van der Waals surface area contributed by atoms with E-state index in [9.17, 15) is 18.8 Å². The Morgan fingerprint density at radius 1 is 0.926 bits per heavy atom. The minimum absolute atomic E-state index is 0.0476. The van der Waals surface area contributed by atoms with E-state index in [1.807, 2.05) is 57.2 Å². The number of likely N-dealkylation sites (tertiary alicyclic amines) is 1. The maximum Gasteiger partial charge on any atom is 0.410 e. The van der Waals surface area contributed by atoms with Gasteiger partial charge in [-0.05, 0) is 96.3 Å². The first-order chi connectivity index (χ1) is 25.5. The van der Waals surface area contributed by atoms with Gasteiger partial charge in [-0.1, -0.05) is 24.3 Å². The Morgan fingerprint density at radius 2 is 1.61 bits per heavy atom. The number of H-pyrrole nitrogens is 2. The van der Waals surface area contributed by atoms with E-state index in [1.165, 1.54) is 11.8 Å². The maximum absolute atomic E-state index is 14.0. The van der Waals surface area contributed by atoms with E-state index in [1.54, 1.807) is 50.2 Å². The van der Waals surface area contributed by atoms with Crippen LogP contribution >= 0.6 is 0 Å². The highest BCUT2D eigenvalue weighted by Gasteiger charge is 2.35. The molecule has 1 fully saturated rings. The van der Waals surface area contributed by atoms with Crippen molar-refractivity contribution in [3.05, 3.63) is 82.8 Å². The number of alkyl halides is 1. The number of fused-ring (bicyclic) bond motifs is 4. The van der Waals surface area contributed by atoms with Crippen molar-refractivity contribution >= 4 is 44.9 Å². The number of imidazole rings is 2.